The molecule has 5 aromatic rings. The number of hydrogen-bond acceptors (Lipinski definition) is 8. The highest BCUT2D eigenvalue weighted by Crippen LogP contribution is 2.47. The van der Waals surface area contributed by atoms with Crippen molar-refractivity contribution >= 4 is 28.9 Å². The van der Waals surface area contributed by atoms with E-state index in [0.717, 1.165) is 22.4 Å². The number of methoxy groups -OCH3 is 1. The third-order valence-electron chi connectivity index (χ3n) is 10.0. The molecule has 53 heavy (non-hydrogen) atoms. The number of ether oxygens (including phenoxy) is 1. The van der Waals surface area contributed by atoms with Crippen molar-refractivity contribution in [1.82, 2.24) is 15.0 Å². The summed E-state index contributed by atoms with van der Waals surface area (Å²) >= 11 is 0. The minimum absolute atomic E-state index is 0.0796. The molecule has 0 bridgehead atoms. The van der Waals surface area contributed by atoms with Gasteiger partial charge in [-0.2, -0.15) is 5.10 Å². The molecule has 0 spiro atoms. The molecule has 0 aliphatic carbocycles. The molecule has 2 amide bonds. The van der Waals surface area contributed by atoms with E-state index in [9.17, 15) is 19.8 Å². The van der Waals surface area contributed by atoms with Gasteiger partial charge in [0.15, 0.2) is 5.60 Å². The SMILES string of the molecule is COc1ccc2c(c1)[C@](O)([C@@H](C)/C=C/CCn1cc(C(CO)c3ccccc3)nn1)C(=O)N2Cc1cccc(N2N=C(c3ccccc3)CCC2=O)c1. The van der Waals surface area contributed by atoms with Crippen LogP contribution in [0.1, 0.15) is 60.1 Å². The summed E-state index contributed by atoms with van der Waals surface area (Å²) in [5.41, 5.74) is 4.07. The molecule has 2 N–H and O–H groups in total. The van der Waals surface area contributed by atoms with Gasteiger partial charge in [-0.05, 0) is 53.4 Å². The van der Waals surface area contributed by atoms with Gasteiger partial charge in [-0.1, -0.05) is 97.1 Å². The maximum absolute atomic E-state index is 14.3. The molecule has 0 fully saturated rings. The van der Waals surface area contributed by atoms with Gasteiger partial charge in [-0.25, -0.2) is 5.01 Å². The first-order valence-electron chi connectivity index (χ1n) is 17.8. The fourth-order valence-electron chi connectivity index (χ4n) is 7.06. The maximum atomic E-state index is 14.3. The molecule has 2 aliphatic rings. The first kappa shape index (κ1) is 35.5. The Balaban J connectivity index is 1.08. The van der Waals surface area contributed by atoms with Crippen LogP contribution in [-0.2, 0) is 28.3 Å². The van der Waals surface area contributed by atoms with E-state index < -0.39 is 17.4 Å². The Labute approximate surface area is 308 Å². The maximum Gasteiger partial charge on any atom is 0.264 e. The zero-order valence-electron chi connectivity index (χ0n) is 29.7. The van der Waals surface area contributed by atoms with Crippen LogP contribution < -0.4 is 14.6 Å². The van der Waals surface area contributed by atoms with Gasteiger partial charge in [-0.15, -0.1) is 5.10 Å². The number of carbonyl (C=O) groups is 2. The second kappa shape index (κ2) is 15.4. The van der Waals surface area contributed by atoms with E-state index in [1.165, 1.54) is 5.01 Å². The van der Waals surface area contributed by atoms with E-state index in [0.29, 0.717) is 54.2 Å². The molecule has 0 saturated carbocycles. The van der Waals surface area contributed by atoms with Gasteiger partial charge < -0.3 is 19.8 Å². The Bertz CT molecular complexity index is 2150. The summed E-state index contributed by atoms with van der Waals surface area (Å²) in [6, 6.07) is 32.3. The predicted molar refractivity (Wildman–Crippen MR) is 203 cm³/mol. The molecule has 270 valence electrons. The Morgan fingerprint density at radius 3 is 2.47 bits per heavy atom. The van der Waals surface area contributed by atoms with Crippen LogP contribution in [0.2, 0.25) is 0 Å². The highest BCUT2D eigenvalue weighted by molar-refractivity contribution is 6.09. The number of carbonyl (C=O) groups excluding carboxylic acids is 2. The normalized spacial score (nSPS) is 18.3. The van der Waals surface area contributed by atoms with Crippen molar-refractivity contribution in [3.05, 3.63) is 149 Å². The summed E-state index contributed by atoms with van der Waals surface area (Å²) < 4.78 is 7.23. The highest BCUT2D eigenvalue weighted by atomic mass is 16.5. The Morgan fingerprint density at radius 2 is 1.72 bits per heavy atom. The van der Waals surface area contributed by atoms with Crippen LogP contribution in [0.5, 0.6) is 5.75 Å². The molecule has 11 nitrogen and oxygen atoms in total. The number of amides is 2. The first-order chi connectivity index (χ1) is 25.8. The standard InChI is InChI=1S/C42H42N6O5/c1-29(12-9-10-23-46-27-38(43-45-46)35(28-49)31-14-5-3-6-15-31)42(52)36-25-34(53-2)19-21-39(36)47(41(42)51)26-30-13-11-18-33(24-30)48-40(50)22-20-37(44-48)32-16-7-4-8-17-32/h3-9,11-19,21,24-25,27,29,35,49,52H,10,20,22-23,26,28H2,1-2H3/b12-9+/t29-,35?,42+/m0/s1. The fourth-order valence-corrected chi connectivity index (χ4v) is 7.06. The lowest BCUT2D eigenvalue weighted by Crippen LogP contribution is -2.44. The van der Waals surface area contributed by atoms with E-state index in [2.05, 4.69) is 10.3 Å². The number of aryl methyl sites for hydroxylation is 1. The zero-order valence-corrected chi connectivity index (χ0v) is 29.7. The van der Waals surface area contributed by atoms with Crippen molar-refractivity contribution in [1.29, 1.82) is 0 Å². The molecule has 0 radical (unpaired) electrons. The second-order valence-corrected chi connectivity index (χ2v) is 13.4. The summed E-state index contributed by atoms with van der Waals surface area (Å²) in [5.74, 6) is -0.865. The van der Waals surface area contributed by atoms with E-state index >= 15 is 0 Å². The number of fused-ring (bicyclic) bond motifs is 1. The number of allylic oxidation sites excluding steroid dienone is 1. The van der Waals surface area contributed by atoms with E-state index in [4.69, 9.17) is 9.84 Å². The number of anilines is 2. The molecule has 4 aromatic carbocycles. The van der Waals surface area contributed by atoms with Gasteiger partial charge in [0.25, 0.3) is 5.91 Å². The molecule has 7 rings (SSSR count). The third kappa shape index (κ3) is 7.13. The van der Waals surface area contributed by atoms with Gasteiger partial charge in [0.2, 0.25) is 5.91 Å². The molecular formula is C42H42N6O5. The van der Waals surface area contributed by atoms with Crippen LogP contribution in [0.25, 0.3) is 0 Å². The number of aliphatic hydroxyl groups excluding tert-OH is 1. The molecule has 2 aliphatic heterocycles. The van der Waals surface area contributed by atoms with Crippen molar-refractivity contribution in [3.8, 4) is 5.75 Å². The summed E-state index contributed by atoms with van der Waals surface area (Å²) in [5, 5.41) is 37.0. The number of aliphatic hydroxyl groups is 2. The van der Waals surface area contributed by atoms with E-state index in [1.807, 2.05) is 110 Å². The lowest BCUT2D eigenvalue weighted by atomic mass is 9.83. The van der Waals surface area contributed by atoms with Crippen LogP contribution in [-0.4, -0.2) is 56.4 Å². The second-order valence-electron chi connectivity index (χ2n) is 13.4. The van der Waals surface area contributed by atoms with Crippen LogP contribution in [0.3, 0.4) is 0 Å². The minimum Gasteiger partial charge on any atom is -0.497 e. The van der Waals surface area contributed by atoms with Crippen molar-refractivity contribution in [2.75, 3.05) is 23.6 Å². The van der Waals surface area contributed by atoms with Gasteiger partial charge in [0.05, 0.1) is 49.0 Å². The van der Waals surface area contributed by atoms with E-state index in [1.54, 1.807) is 34.9 Å². The molecular weight excluding hydrogens is 668 g/mol. The summed E-state index contributed by atoms with van der Waals surface area (Å²) in [7, 11) is 1.55. The van der Waals surface area contributed by atoms with Gasteiger partial charge >= 0.3 is 0 Å². The summed E-state index contributed by atoms with van der Waals surface area (Å²) in [6.07, 6.45) is 7.11. The quantitative estimate of drug-likeness (QED) is 0.144. The Hall–Kier alpha value is -5.91. The van der Waals surface area contributed by atoms with Crippen molar-refractivity contribution in [3.63, 3.8) is 0 Å². The first-order valence-corrected chi connectivity index (χ1v) is 17.8. The lowest BCUT2D eigenvalue weighted by molar-refractivity contribution is -0.139. The van der Waals surface area contributed by atoms with E-state index in [-0.39, 0.29) is 25.0 Å². The fraction of sp³-hybridized carbons (Fsp3) is 0.262. The molecule has 3 atom stereocenters. The number of aromatic nitrogens is 3. The zero-order chi connectivity index (χ0) is 37.0. The summed E-state index contributed by atoms with van der Waals surface area (Å²) in [6.45, 7) is 2.45. The topological polar surface area (TPSA) is 133 Å². The van der Waals surface area contributed by atoms with Crippen LogP contribution in [0.15, 0.2) is 127 Å². The van der Waals surface area contributed by atoms with Gasteiger partial charge in [0.1, 0.15) is 5.75 Å². The van der Waals surface area contributed by atoms with Gasteiger partial charge in [0, 0.05) is 37.1 Å². The molecule has 1 aromatic heterocycles. The lowest BCUT2D eigenvalue weighted by Gasteiger charge is -2.28. The molecule has 1 unspecified atom stereocenters. The molecule has 3 heterocycles. The average Bonchev–Trinajstić information content (AvgIpc) is 3.75. The van der Waals surface area contributed by atoms with Crippen molar-refractivity contribution in [2.45, 2.75) is 50.8 Å². The van der Waals surface area contributed by atoms with Gasteiger partial charge in [-0.3, -0.25) is 14.3 Å². The number of rotatable bonds is 13. The Morgan fingerprint density at radius 1 is 0.943 bits per heavy atom. The largest absolute Gasteiger partial charge is 0.497 e. The van der Waals surface area contributed by atoms with Crippen molar-refractivity contribution in [2.24, 2.45) is 11.0 Å². The number of benzene rings is 4. The predicted octanol–water partition coefficient (Wildman–Crippen LogP) is 5.96. The number of hydrazone groups is 1. The average molecular weight is 711 g/mol. The monoisotopic (exact) mass is 710 g/mol. The number of hydrogen-bond donors (Lipinski definition) is 2. The van der Waals surface area contributed by atoms with Crippen LogP contribution >= 0.6 is 0 Å². The van der Waals surface area contributed by atoms with Crippen molar-refractivity contribution < 1.29 is 24.5 Å². The third-order valence-corrected chi connectivity index (χ3v) is 10.0. The molecule has 0 saturated heterocycles. The smallest absolute Gasteiger partial charge is 0.264 e. The summed E-state index contributed by atoms with van der Waals surface area (Å²) in [4.78, 5) is 28.9. The van der Waals surface area contributed by atoms with Crippen LogP contribution in [0.4, 0.5) is 11.4 Å². The highest BCUT2D eigenvalue weighted by Gasteiger charge is 2.52. The Kier molecular flexibility index (Phi) is 10.3. The molecule has 11 heteroatoms. The number of nitrogens with zero attached hydrogens (tertiary/aromatic N) is 6. The minimum atomic E-state index is -1.85. The van der Waals surface area contributed by atoms with Crippen LogP contribution in [0, 0.1) is 5.92 Å².